The van der Waals surface area contributed by atoms with Crippen LogP contribution in [-0.4, -0.2) is 98.7 Å². The SMILES string of the molecule is CS(=O)(=O)Nc1ccccc1NC1CCN(C(=O)N[C@@H](Cc2cc(Br)c(N)c(Br)c2)C(=O)N2CCC(N3CCCCC3)CC2)CC1. The van der Waals surface area contributed by atoms with Gasteiger partial charge in [-0.2, -0.15) is 0 Å². The molecule has 0 unspecified atom stereocenters. The standard InChI is InChI=1S/C32H45Br2N7O4S/c1-46(44,45)38-28-8-4-3-7-27(28)36-23-9-15-41(16-10-23)32(43)37-29(21-22-19-25(33)30(35)26(34)20-22)31(42)40-17-11-24(12-18-40)39-13-5-2-6-14-39/h3-4,7-8,19-20,23-24,29,36,38H,2,5-6,9-18,21,35H2,1H3,(H,37,43)/t29-/m0/s1. The van der Waals surface area contributed by atoms with Crippen molar-refractivity contribution in [1.82, 2.24) is 20.0 Å². The molecule has 0 aliphatic carbocycles. The average molecular weight is 784 g/mol. The molecule has 0 bridgehead atoms. The van der Waals surface area contributed by atoms with Gasteiger partial charge in [-0.15, -0.1) is 0 Å². The Bertz CT molecular complexity index is 1470. The van der Waals surface area contributed by atoms with Crippen molar-refractivity contribution in [3.05, 3.63) is 50.9 Å². The summed E-state index contributed by atoms with van der Waals surface area (Å²) in [5, 5.41) is 6.53. The van der Waals surface area contributed by atoms with Gasteiger partial charge in [0, 0.05) is 53.6 Å². The number of nitrogens with two attached hydrogens (primary N) is 1. The number of hydrogen-bond acceptors (Lipinski definition) is 7. The molecule has 3 saturated heterocycles. The van der Waals surface area contributed by atoms with Crippen LogP contribution in [0.15, 0.2) is 45.3 Å². The first-order chi connectivity index (χ1) is 22.0. The third-order valence-electron chi connectivity index (χ3n) is 9.22. The second-order valence-corrected chi connectivity index (χ2v) is 16.1. The summed E-state index contributed by atoms with van der Waals surface area (Å²) in [5.41, 5.74) is 8.79. The van der Waals surface area contributed by atoms with Gasteiger partial charge in [0.05, 0.1) is 23.3 Å². The summed E-state index contributed by atoms with van der Waals surface area (Å²) in [6, 6.07) is 10.6. The maximum absolute atomic E-state index is 14.0. The molecule has 3 fully saturated rings. The summed E-state index contributed by atoms with van der Waals surface area (Å²) in [6.45, 7) is 4.68. The molecule has 2 aromatic carbocycles. The van der Waals surface area contributed by atoms with Gasteiger partial charge < -0.3 is 31.1 Å². The van der Waals surface area contributed by atoms with E-state index in [1.807, 2.05) is 29.2 Å². The second kappa shape index (κ2) is 15.6. The Morgan fingerprint density at radius 2 is 1.48 bits per heavy atom. The predicted octanol–water partition coefficient (Wildman–Crippen LogP) is 4.84. The molecule has 3 aliphatic rings. The van der Waals surface area contributed by atoms with Crippen LogP contribution < -0.4 is 21.1 Å². The number of likely N-dealkylation sites (tertiary alicyclic amines) is 3. The van der Waals surface area contributed by atoms with Crippen molar-refractivity contribution in [2.45, 2.75) is 69.5 Å². The summed E-state index contributed by atoms with van der Waals surface area (Å²) < 4.78 is 27.7. The highest BCUT2D eigenvalue weighted by Crippen LogP contribution is 2.31. The van der Waals surface area contributed by atoms with Crippen molar-refractivity contribution in [2.24, 2.45) is 0 Å². The van der Waals surface area contributed by atoms with Crippen molar-refractivity contribution in [1.29, 1.82) is 0 Å². The van der Waals surface area contributed by atoms with Crippen LogP contribution >= 0.6 is 31.9 Å². The van der Waals surface area contributed by atoms with E-state index in [0.29, 0.717) is 68.5 Å². The fraction of sp³-hybridized carbons (Fsp3) is 0.562. The average Bonchev–Trinajstić information content (AvgIpc) is 3.04. The molecule has 3 heterocycles. The van der Waals surface area contributed by atoms with Crippen LogP contribution in [0.1, 0.15) is 50.5 Å². The number of benzene rings is 2. The molecule has 0 radical (unpaired) electrons. The molecular formula is C32H45Br2N7O4S. The lowest BCUT2D eigenvalue weighted by atomic mass is 9.98. The van der Waals surface area contributed by atoms with Gasteiger partial charge in [-0.25, -0.2) is 13.2 Å². The molecule has 14 heteroatoms. The molecule has 2 aromatic rings. The van der Waals surface area contributed by atoms with Crippen molar-refractivity contribution < 1.29 is 18.0 Å². The minimum atomic E-state index is -3.42. The summed E-state index contributed by atoms with van der Waals surface area (Å²) >= 11 is 7.03. The van der Waals surface area contributed by atoms with Crippen LogP contribution in [0, 0.1) is 0 Å². The van der Waals surface area contributed by atoms with Gasteiger partial charge in [-0.3, -0.25) is 9.52 Å². The number of nitrogens with one attached hydrogen (secondary N) is 3. The van der Waals surface area contributed by atoms with Crippen molar-refractivity contribution in [3.63, 3.8) is 0 Å². The van der Waals surface area contributed by atoms with Crippen LogP contribution in [0.4, 0.5) is 21.9 Å². The molecule has 0 aromatic heterocycles. The van der Waals surface area contributed by atoms with Gasteiger partial charge in [0.2, 0.25) is 15.9 Å². The minimum Gasteiger partial charge on any atom is -0.397 e. The monoisotopic (exact) mass is 781 g/mol. The third kappa shape index (κ3) is 9.29. The molecule has 46 heavy (non-hydrogen) atoms. The fourth-order valence-corrected chi connectivity index (χ4v) is 8.59. The second-order valence-electron chi connectivity index (χ2n) is 12.7. The molecule has 252 valence electrons. The normalized spacial score (nSPS) is 19.5. The zero-order valence-electron chi connectivity index (χ0n) is 26.3. The maximum Gasteiger partial charge on any atom is 0.318 e. The van der Waals surface area contributed by atoms with E-state index in [4.69, 9.17) is 5.73 Å². The van der Waals surface area contributed by atoms with E-state index in [1.165, 1.54) is 19.3 Å². The topological polar surface area (TPSA) is 140 Å². The lowest BCUT2D eigenvalue weighted by Gasteiger charge is -2.41. The van der Waals surface area contributed by atoms with Gasteiger partial charge in [-0.1, -0.05) is 18.6 Å². The number of carbonyl (C=O) groups excluding carboxylic acids is 2. The number of halogens is 2. The number of nitrogen functional groups attached to an aromatic ring is 1. The van der Waals surface area contributed by atoms with Crippen LogP contribution in [0.5, 0.6) is 0 Å². The third-order valence-corrected chi connectivity index (χ3v) is 11.1. The highest BCUT2D eigenvalue weighted by Gasteiger charge is 2.33. The first-order valence-electron chi connectivity index (χ1n) is 16.1. The number of anilines is 3. The maximum atomic E-state index is 14.0. The summed E-state index contributed by atoms with van der Waals surface area (Å²) in [4.78, 5) is 33.9. The summed E-state index contributed by atoms with van der Waals surface area (Å²) in [7, 11) is -3.42. The van der Waals surface area contributed by atoms with Gasteiger partial charge in [0.15, 0.2) is 0 Å². The van der Waals surface area contributed by atoms with Crippen molar-refractivity contribution in [2.75, 3.05) is 61.3 Å². The Kier molecular flexibility index (Phi) is 11.8. The number of hydrogen-bond donors (Lipinski definition) is 4. The summed E-state index contributed by atoms with van der Waals surface area (Å²) in [5.74, 6) is -0.0546. The molecule has 0 saturated carbocycles. The number of carbonyl (C=O) groups is 2. The number of piperidine rings is 3. The van der Waals surface area contributed by atoms with Crippen LogP contribution in [0.25, 0.3) is 0 Å². The van der Waals surface area contributed by atoms with Gasteiger partial charge in [-0.05, 0) is 113 Å². The van der Waals surface area contributed by atoms with E-state index < -0.39 is 16.1 Å². The first-order valence-corrected chi connectivity index (χ1v) is 19.6. The van der Waals surface area contributed by atoms with Crippen LogP contribution in [0.3, 0.4) is 0 Å². The van der Waals surface area contributed by atoms with Crippen LogP contribution in [0.2, 0.25) is 0 Å². The predicted molar refractivity (Wildman–Crippen MR) is 190 cm³/mol. The van der Waals surface area contributed by atoms with E-state index in [0.717, 1.165) is 46.7 Å². The smallest absolute Gasteiger partial charge is 0.318 e. The van der Waals surface area contributed by atoms with E-state index >= 15 is 0 Å². The molecule has 5 N–H and O–H groups in total. The Balaban J connectivity index is 1.22. The highest BCUT2D eigenvalue weighted by atomic mass is 79.9. The van der Waals surface area contributed by atoms with Gasteiger partial charge in [0.25, 0.3) is 0 Å². The zero-order chi connectivity index (χ0) is 32.8. The first kappa shape index (κ1) is 34.8. The van der Waals surface area contributed by atoms with Crippen molar-refractivity contribution in [3.8, 4) is 0 Å². The Hall–Kier alpha value is -2.55. The van der Waals surface area contributed by atoms with Gasteiger partial charge in [0.1, 0.15) is 6.04 Å². The van der Waals surface area contributed by atoms with E-state index in [-0.39, 0.29) is 18.0 Å². The largest absolute Gasteiger partial charge is 0.397 e. The Morgan fingerprint density at radius 3 is 2.09 bits per heavy atom. The number of sulfonamides is 1. The number of para-hydroxylation sites is 2. The summed E-state index contributed by atoms with van der Waals surface area (Å²) in [6.07, 6.45) is 8.54. The van der Waals surface area contributed by atoms with Crippen molar-refractivity contribution >= 4 is 70.9 Å². The lowest BCUT2D eigenvalue weighted by molar-refractivity contribution is -0.134. The number of amides is 3. The molecule has 1 atom stereocenters. The molecule has 11 nitrogen and oxygen atoms in total. The number of urea groups is 1. The Morgan fingerprint density at radius 1 is 0.891 bits per heavy atom. The fourth-order valence-electron chi connectivity index (χ4n) is 6.73. The molecule has 0 spiro atoms. The number of nitrogens with zero attached hydrogens (tertiary/aromatic N) is 3. The quantitative estimate of drug-likeness (QED) is 0.267. The zero-order valence-corrected chi connectivity index (χ0v) is 30.3. The minimum absolute atomic E-state index is 0.0546. The molecular weight excluding hydrogens is 738 g/mol. The van der Waals surface area contributed by atoms with E-state index in [9.17, 15) is 18.0 Å². The Labute approximate surface area is 289 Å². The van der Waals surface area contributed by atoms with E-state index in [1.54, 1.807) is 17.0 Å². The molecule has 3 aliphatic heterocycles. The van der Waals surface area contributed by atoms with Crippen LogP contribution in [-0.2, 0) is 21.2 Å². The molecule has 3 amide bonds. The lowest BCUT2D eigenvalue weighted by Crippen LogP contribution is -2.57. The van der Waals surface area contributed by atoms with Gasteiger partial charge >= 0.3 is 6.03 Å². The number of rotatable bonds is 9. The highest BCUT2D eigenvalue weighted by molar-refractivity contribution is 9.11. The molecule has 5 rings (SSSR count). The van der Waals surface area contributed by atoms with E-state index in [2.05, 4.69) is 52.1 Å².